The molecule has 0 spiro atoms. The van der Waals surface area contributed by atoms with E-state index in [2.05, 4.69) is 48.7 Å². The molecule has 2 aromatic carbocycles. The average Bonchev–Trinajstić information content (AvgIpc) is 2.33. The van der Waals surface area contributed by atoms with Crippen LogP contribution in [0.4, 0.5) is 11.4 Å². The maximum Gasteiger partial charge on any atom is 0.0568 e. The first kappa shape index (κ1) is 10.6. The van der Waals surface area contributed by atoms with Crippen LogP contribution in [0, 0.1) is 6.92 Å². The average molecular weight is 212 g/mol. The lowest BCUT2D eigenvalue weighted by molar-refractivity contribution is 1.09. The third-order valence-electron chi connectivity index (χ3n) is 2.49. The summed E-state index contributed by atoms with van der Waals surface area (Å²) in [7, 11) is 2.01. The molecule has 0 radical (unpaired) electrons. The van der Waals surface area contributed by atoms with Gasteiger partial charge in [0.05, 0.1) is 11.4 Å². The van der Waals surface area contributed by atoms with Gasteiger partial charge in [-0.3, -0.25) is 10.4 Å². The van der Waals surface area contributed by atoms with E-state index in [-0.39, 0.29) is 0 Å². The Kier molecular flexibility index (Phi) is 3.10. The Morgan fingerprint density at radius 2 is 1.50 bits per heavy atom. The number of aryl methyl sites for hydroxylation is 1. The number of hydrogen-bond acceptors (Lipinski definition) is 2. The van der Waals surface area contributed by atoms with Gasteiger partial charge in [-0.25, -0.2) is 0 Å². The number of anilines is 2. The van der Waals surface area contributed by atoms with Crippen LogP contribution in [0.2, 0.25) is 0 Å². The first-order valence-electron chi connectivity index (χ1n) is 5.38. The van der Waals surface area contributed by atoms with E-state index in [0.717, 1.165) is 11.4 Å². The zero-order valence-corrected chi connectivity index (χ0v) is 9.64. The van der Waals surface area contributed by atoms with Gasteiger partial charge in [0.2, 0.25) is 0 Å². The van der Waals surface area contributed by atoms with Crippen LogP contribution in [0.25, 0.3) is 0 Å². The minimum atomic E-state index is 1.09. The molecule has 0 aliphatic rings. The van der Waals surface area contributed by atoms with E-state index in [4.69, 9.17) is 0 Å². The van der Waals surface area contributed by atoms with Crippen LogP contribution in [0.1, 0.15) is 5.56 Å². The van der Waals surface area contributed by atoms with Crippen molar-refractivity contribution in [2.24, 2.45) is 0 Å². The molecule has 2 rings (SSSR count). The van der Waals surface area contributed by atoms with Crippen molar-refractivity contribution in [3.05, 3.63) is 60.2 Å². The van der Waals surface area contributed by atoms with Gasteiger partial charge in [-0.05, 0) is 31.2 Å². The minimum absolute atomic E-state index is 1.09. The molecule has 16 heavy (non-hydrogen) atoms. The van der Waals surface area contributed by atoms with Gasteiger partial charge in [-0.1, -0.05) is 35.9 Å². The van der Waals surface area contributed by atoms with Gasteiger partial charge in [0.25, 0.3) is 0 Å². The highest BCUT2D eigenvalue weighted by Gasteiger charge is 1.98. The van der Waals surface area contributed by atoms with Crippen LogP contribution < -0.4 is 10.4 Å². The maximum absolute atomic E-state index is 3.32. The van der Waals surface area contributed by atoms with Crippen molar-refractivity contribution >= 4 is 11.4 Å². The van der Waals surface area contributed by atoms with E-state index >= 15 is 0 Å². The molecule has 2 heteroatoms. The van der Waals surface area contributed by atoms with Crippen molar-refractivity contribution in [3.63, 3.8) is 0 Å². The van der Waals surface area contributed by atoms with Crippen molar-refractivity contribution in [3.8, 4) is 0 Å². The fraction of sp³-hybridized carbons (Fsp3) is 0.143. The maximum atomic E-state index is 3.32. The summed E-state index contributed by atoms with van der Waals surface area (Å²) in [4.78, 5) is 0. The van der Waals surface area contributed by atoms with E-state index < -0.39 is 0 Å². The molecule has 0 aliphatic heterocycles. The van der Waals surface area contributed by atoms with Gasteiger partial charge in [-0.2, -0.15) is 0 Å². The molecule has 0 saturated heterocycles. The molecule has 82 valence electrons. The lowest BCUT2D eigenvalue weighted by Gasteiger charge is -2.21. The van der Waals surface area contributed by atoms with Gasteiger partial charge in [0, 0.05) is 7.05 Å². The van der Waals surface area contributed by atoms with Crippen LogP contribution >= 0.6 is 0 Å². The molecule has 0 saturated carbocycles. The predicted molar refractivity (Wildman–Crippen MR) is 69.6 cm³/mol. The third-order valence-corrected chi connectivity index (χ3v) is 2.49. The molecule has 0 amide bonds. The zero-order chi connectivity index (χ0) is 11.4. The van der Waals surface area contributed by atoms with Crippen LogP contribution in [0.15, 0.2) is 54.6 Å². The largest absolute Gasteiger partial charge is 0.299 e. The van der Waals surface area contributed by atoms with Crippen molar-refractivity contribution in [2.75, 3.05) is 17.5 Å². The van der Waals surface area contributed by atoms with E-state index in [0.29, 0.717) is 0 Å². The first-order valence-corrected chi connectivity index (χ1v) is 5.38. The summed E-state index contributed by atoms with van der Waals surface area (Å²) >= 11 is 0. The van der Waals surface area contributed by atoms with Crippen molar-refractivity contribution in [1.82, 2.24) is 0 Å². The fourth-order valence-corrected chi connectivity index (χ4v) is 1.54. The number of hydrazine groups is 1. The molecule has 0 aliphatic carbocycles. The Labute approximate surface area is 96.5 Å². The topological polar surface area (TPSA) is 15.3 Å². The second-order valence-corrected chi connectivity index (χ2v) is 3.87. The minimum Gasteiger partial charge on any atom is -0.299 e. The van der Waals surface area contributed by atoms with Gasteiger partial charge < -0.3 is 0 Å². The van der Waals surface area contributed by atoms with Crippen LogP contribution in [-0.4, -0.2) is 7.05 Å². The van der Waals surface area contributed by atoms with E-state index in [1.54, 1.807) is 0 Å². The van der Waals surface area contributed by atoms with E-state index in [9.17, 15) is 0 Å². The van der Waals surface area contributed by atoms with Gasteiger partial charge in [-0.15, -0.1) is 0 Å². The monoisotopic (exact) mass is 212 g/mol. The quantitative estimate of drug-likeness (QED) is 0.784. The lowest BCUT2D eigenvalue weighted by Crippen LogP contribution is -2.24. The smallest absolute Gasteiger partial charge is 0.0568 e. The zero-order valence-electron chi connectivity index (χ0n) is 9.64. The third kappa shape index (κ3) is 2.54. The second-order valence-electron chi connectivity index (χ2n) is 3.87. The van der Waals surface area contributed by atoms with Crippen LogP contribution in [0.5, 0.6) is 0 Å². The summed E-state index contributed by atoms with van der Waals surface area (Å²) in [5.41, 5.74) is 6.83. The fourth-order valence-electron chi connectivity index (χ4n) is 1.54. The Balaban J connectivity index is 2.08. The Morgan fingerprint density at radius 1 is 0.875 bits per heavy atom. The number of nitrogens with zero attached hydrogens (tertiary/aromatic N) is 1. The summed E-state index contributed by atoms with van der Waals surface area (Å²) < 4.78 is 0. The highest BCUT2D eigenvalue weighted by Crippen LogP contribution is 2.14. The summed E-state index contributed by atoms with van der Waals surface area (Å²) in [6.45, 7) is 2.09. The van der Waals surface area contributed by atoms with E-state index in [1.807, 2.05) is 30.3 Å². The molecule has 1 N–H and O–H groups in total. The number of para-hydroxylation sites is 1. The lowest BCUT2D eigenvalue weighted by atomic mass is 10.2. The molecular formula is C14H16N2. The predicted octanol–water partition coefficient (Wildman–Crippen LogP) is 3.46. The number of benzene rings is 2. The molecule has 0 unspecified atom stereocenters. The molecule has 0 fully saturated rings. The molecule has 0 atom stereocenters. The highest BCUT2D eigenvalue weighted by molar-refractivity contribution is 5.54. The van der Waals surface area contributed by atoms with Crippen LogP contribution in [0.3, 0.4) is 0 Å². The van der Waals surface area contributed by atoms with Crippen molar-refractivity contribution in [1.29, 1.82) is 0 Å². The number of rotatable bonds is 3. The van der Waals surface area contributed by atoms with Crippen molar-refractivity contribution < 1.29 is 0 Å². The summed E-state index contributed by atoms with van der Waals surface area (Å²) in [6, 6.07) is 18.6. The van der Waals surface area contributed by atoms with E-state index in [1.165, 1.54) is 5.56 Å². The van der Waals surface area contributed by atoms with Gasteiger partial charge in [0.1, 0.15) is 0 Å². The SMILES string of the molecule is Cc1ccc(NN(C)c2ccccc2)cc1. The summed E-state index contributed by atoms with van der Waals surface area (Å²) in [6.07, 6.45) is 0. The van der Waals surface area contributed by atoms with Crippen LogP contribution in [-0.2, 0) is 0 Å². The second kappa shape index (κ2) is 4.71. The van der Waals surface area contributed by atoms with Gasteiger partial charge in [0.15, 0.2) is 0 Å². The Bertz CT molecular complexity index is 434. The molecule has 0 aromatic heterocycles. The molecule has 0 bridgehead atoms. The Hall–Kier alpha value is -1.96. The standard InChI is InChI=1S/C14H16N2/c1-12-8-10-13(11-9-12)15-16(2)14-6-4-3-5-7-14/h3-11,15H,1-2H3. The summed E-state index contributed by atoms with van der Waals surface area (Å²) in [5, 5.41) is 2.00. The normalized spacial score (nSPS) is 9.88. The first-order chi connectivity index (χ1) is 7.75. The molecule has 2 nitrogen and oxygen atoms in total. The van der Waals surface area contributed by atoms with Gasteiger partial charge >= 0.3 is 0 Å². The number of hydrogen-bond donors (Lipinski definition) is 1. The van der Waals surface area contributed by atoms with Crippen molar-refractivity contribution in [2.45, 2.75) is 6.92 Å². The number of nitrogens with one attached hydrogen (secondary N) is 1. The molecule has 0 heterocycles. The highest BCUT2D eigenvalue weighted by atomic mass is 15.5. The summed E-state index contributed by atoms with van der Waals surface area (Å²) in [5.74, 6) is 0. The Morgan fingerprint density at radius 3 is 2.12 bits per heavy atom. The molecular weight excluding hydrogens is 196 g/mol. The molecule has 2 aromatic rings.